The van der Waals surface area contributed by atoms with Gasteiger partial charge in [0.05, 0.1) is 6.54 Å². The summed E-state index contributed by atoms with van der Waals surface area (Å²) in [6, 6.07) is 5.03. The number of ketones is 1. The first kappa shape index (κ1) is 12.9. The molecule has 2 heterocycles. The van der Waals surface area contributed by atoms with Crippen molar-refractivity contribution in [3.63, 3.8) is 0 Å². The Balaban J connectivity index is 1.78. The summed E-state index contributed by atoms with van der Waals surface area (Å²) in [4.78, 5) is 18.0. The minimum Gasteiger partial charge on any atom is -0.508 e. The van der Waals surface area contributed by atoms with Gasteiger partial charge in [0.15, 0.2) is 5.78 Å². The summed E-state index contributed by atoms with van der Waals surface area (Å²) in [5, 5.41) is 9.94. The molecule has 1 aromatic heterocycles. The Labute approximate surface area is 117 Å². The number of hydrogen-bond acceptors (Lipinski definition) is 4. The summed E-state index contributed by atoms with van der Waals surface area (Å²) in [7, 11) is 0. The van der Waals surface area contributed by atoms with Gasteiger partial charge in [0, 0.05) is 43.2 Å². The average molecular weight is 271 g/mol. The maximum absolute atomic E-state index is 11.4. The van der Waals surface area contributed by atoms with Crippen molar-refractivity contribution in [1.82, 2.24) is 14.5 Å². The summed E-state index contributed by atoms with van der Waals surface area (Å²) < 4.78 is 2.14. The van der Waals surface area contributed by atoms with Gasteiger partial charge in [-0.15, -0.1) is 0 Å². The Morgan fingerprint density at radius 2 is 2.25 bits per heavy atom. The van der Waals surface area contributed by atoms with Gasteiger partial charge in [0.25, 0.3) is 0 Å². The number of phenols is 1. The molecule has 0 amide bonds. The number of rotatable bonds is 3. The minimum atomic E-state index is 0.0143. The number of hydrogen-bond donors (Lipinski definition) is 1. The van der Waals surface area contributed by atoms with Crippen LogP contribution in [0.5, 0.6) is 5.75 Å². The van der Waals surface area contributed by atoms with Crippen LogP contribution in [0.2, 0.25) is 0 Å². The zero-order valence-electron chi connectivity index (χ0n) is 11.4. The van der Waals surface area contributed by atoms with Gasteiger partial charge < -0.3 is 9.67 Å². The summed E-state index contributed by atoms with van der Waals surface area (Å²) in [5.41, 5.74) is 1.43. The lowest BCUT2D eigenvalue weighted by Gasteiger charge is -2.27. The molecule has 0 aliphatic carbocycles. The molecule has 1 aliphatic rings. The SMILES string of the molecule is CC(=O)c1ccc(O)c(CN2CCn3ccnc3C2)c1. The summed E-state index contributed by atoms with van der Waals surface area (Å²) in [6.07, 6.45) is 3.80. The highest BCUT2D eigenvalue weighted by atomic mass is 16.3. The Bertz CT molecular complexity index is 648. The van der Waals surface area contributed by atoms with Crippen molar-refractivity contribution in [2.75, 3.05) is 6.54 Å². The van der Waals surface area contributed by atoms with E-state index in [2.05, 4.69) is 14.5 Å². The monoisotopic (exact) mass is 271 g/mol. The average Bonchev–Trinajstić information content (AvgIpc) is 2.88. The van der Waals surface area contributed by atoms with Crippen LogP contribution in [0.25, 0.3) is 0 Å². The molecule has 2 aromatic rings. The van der Waals surface area contributed by atoms with Crippen molar-refractivity contribution >= 4 is 5.78 Å². The number of carbonyl (C=O) groups excluding carboxylic acids is 1. The predicted octanol–water partition coefficient (Wildman–Crippen LogP) is 1.81. The fraction of sp³-hybridized carbons (Fsp3) is 0.333. The number of aromatic nitrogens is 2. The number of nitrogens with zero attached hydrogens (tertiary/aromatic N) is 3. The van der Waals surface area contributed by atoms with Crippen molar-refractivity contribution < 1.29 is 9.90 Å². The van der Waals surface area contributed by atoms with Gasteiger partial charge in [0.1, 0.15) is 11.6 Å². The Hall–Kier alpha value is -2.14. The molecule has 1 aliphatic heterocycles. The van der Waals surface area contributed by atoms with Crippen LogP contribution in [0.1, 0.15) is 28.7 Å². The maximum atomic E-state index is 11.4. The van der Waals surface area contributed by atoms with E-state index in [0.717, 1.165) is 31.0 Å². The van der Waals surface area contributed by atoms with Crippen LogP contribution in [-0.2, 0) is 19.6 Å². The van der Waals surface area contributed by atoms with Gasteiger partial charge in [0.2, 0.25) is 0 Å². The first-order chi connectivity index (χ1) is 9.63. The normalized spacial score (nSPS) is 15.1. The van der Waals surface area contributed by atoms with E-state index in [-0.39, 0.29) is 11.5 Å². The molecule has 1 aromatic carbocycles. The van der Waals surface area contributed by atoms with Crippen molar-refractivity contribution in [1.29, 1.82) is 0 Å². The molecular weight excluding hydrogens is 254 g/mol. The van der Waals surface area contributed by atoms with Gasteiger partial charge >= 0.3 is 0 Å². The first-order valence-corrected chi connectivity index (χ1v) is 6.68. The molecule has 0 bridgehead atoms. The highest BCUT2D eigenvalue weighted by Gasteiger charge is 2.18. The second-order valence-corrected chi connectivity index (χ2v) is 5.15. The fourth-order valence-electron chi connectivity index (χ4n) is 2.53. The molecule has 20 heavy (non-hydrogen) atoms. The molecule has 0 saturated carbocycles. The molecule has 1 N–H and O–H groups in total. The fourth-order valence-corrected chi connectivity index (χ4v) is 2.53. The van der Waals surface area contributed by atoms with Gasteiger partial charge in [-0.2, -0.15) is 0 Å². The summed E-state index contributed by atoms with van der Waals surface area (Å²) in [6.45, 7) is 4.74. The number of carbonyl (C=O) groups is 1. The Kier molecular flexibility index (Phi) is 3.28. The molecular formula is C15H17N3O2. The van der Waals surface area contributed by atoms with Crippen LogP contribution in [0.15, 0.2) is 30.6 Å². The second-order valence-electron chi connectivity index (χ2n) is 5.15. The smallest absolute Gasteiger partial charge is 0.159 e. The first-order valence-electron chi connectivity index (χ1n) is 6.68. The van der Waals surface area contributed by atoms with E-state index in [9.17, 15) is 9.90 Å². The number of fused-ring (bicyclic) bond motifs is 1. The third-order valence-electron chi connectivity index (χ3n) is 3.70. The van der Waals surface area contributed by atoms with Crippen LogP contribution in [0.3, 0.4) is 0 Å². The molecule has 3 rings (SSSR count). The standard InChI is InChI=1S/C15H17N3O2/c1-11(19)12-2-3-14(20)13(8-12)9-17-6-7-18-5-4-16-15(18)10-17/h2-5,8,20H,6-7,9-10H2,1H3. The van der Waals surface area contributed by atoms with E-state index in [1.165, 1.54) is 6.92 Å². The van der Waals surface area contributed by atoms with E-state index >= 15 is 0 Å². The highest BCUT2D eigenvalue weighted by Crippen LogP contribution is 2.22. The minimum absolute atomic E-state index is 0.0143. The number of imidazole rings is 1. The Morgan fingerprint density at radius 3 is 3.05 bits per heavy atom. The number of phenolic OH excluding ortho intramolecular Hbond substituents is 1. The zero-order valence-corrected chi connectivity index (χ0v) is 11.4. The van der Waals surface area contributed by atoms with Crippen LogP contribution >= 0.6 is 0 Å². The van der Waals surface area contributed by atoms with Crippen molar-refractivity contribution in [2.24, 2.45) is 0 Å². The maximum Gasteiger partial charge on any atom is 0.159 e. The summed E-state index contributed by atoms with van der Waals surface area (Å²) >= 11 is 0. The van der Waals surface area contributed by atoms with Crippen LogP contribution in [-0.4, -0.2) is 31.9 Å². The van der Waals surface area contributed by atoms with Crippen LogP contribution in [0.4, 0.5) is 0 Å². The van der Waals surface area contributed by atoms with Crippen LogP contribution in [0, 0.1) is 0 Å². The zero-order chi connectivity index (χ0) is 14.1. The number of benzene rings is 1. The van der Waals surface area contributed by atoms with Gasteiger partial charge in [-0.25, -0.2) is 4.98 Å². The topological polar surface area (TPSA) is 58.4 Å². The lowest BCUT2D eigenvalue weighted by molar-refractivity contribution is 0.101. The van der Waals surface area contributed by atoms with E-state index in [0.29, 0.717) is 12.1 Å². The molecule has 0 atom stereocenters. The Morgan fingerprint density at radius 1 is 1.40 bits per heavy atom. The lowest BCUT2D eigenvalue weighted by atomic mass is 10.1. The van der Waals surface area contributed by atoms with E-state index in [4.69, 9.17) is 0 Å². The predicted molar refractivity (Wildman–Crippen MR) is 74.5 cm³/mol. The van der Waals surface area contributed by atoms with Crippen molar-refractivity contribution in [2.45, 2.75) is 26.6 Å². The van der Waals surface area contributed by atoms with E-state index in [1.54, 1.807) is 18.2 Å². The van der Waals surface area contributed by atoms with Crippen LogP contribution < -0.4 is 0 Å². The molecule has 104 valence electrons. The van der Waals surface area contributed by atoms with Crippen molar-refractivity contribution in [3.05, 3.63) is 47.5 Å². The molecule has 5 nitrogen and oxygen atoms in total. The molecule has 0 fully saturated rings. The van der Waals surface area contributed by atoms with Gasteiger partial charge in [-0.1, -0.05) is 0 Å². The molecule has 0 radical (unpaired) electrons. The highest BCUT2D eigenvalue weighted by molar-refractivity contribution is 5.94. The molecule has 0 saturated heterocycles. The largest absolute Gasteiger partial charge is 0.508 e. The van der Waals surface area contributed by atoms with Gasteiger partial charge in [-0.3, -0.25) is 9.69 Å². The quantitative estimate of drug-likeness (QED) is 0.865. The molecule has 5 heteroatoms. The van der Waals surface area contributed by atoms with E-state index < -0.39 is 0 Å². The molecule has 0 spiro atoms. The van der Waals surface area contributed by atoms with E-state index in [1.807, 2.05) is 12.4 Å². The lowest BCUT2D eigenvalue weighted by Crippen LogP contribution is -2.33. The second kappa shape index (κ2) is 5.09. The third kappa shape index (κ3) is 2.44. The molecule has 0 unspecified atom stereocenters. The number of aromatic hydroxyl groups is 1. The van der Waals surface area contributed by atoms with Crippen molar-refractivity contribution in [3.8, 4) is 5.75 Å². The third-order valence-corrected chi connectivity index (χ3v) is 3.70. The summed E-state index contributed by atoms with van der Waals surface area (Å²) in [5.74, 6) is 1.29. The van der Waals surface area contributed by atoms with Gasteiger partial charge in [-0.05, 0) is 25.1 Å². The number of Topliss-reactive ketones (excluding diaryl/α,β-unsaturated/α-hetero) is 1.